The average Bonchev–Trinajstić information content (AvgIpc) is 2.29. The van der Waals surface area contributed by atoms with Crippen LogP contribution in [-0.4, -0.2) is 43.4 Å². The first-order valence-electron chi connectivity index (χ1n) is 5.43. The molecule has 0 fully saturated rings. The Morgan fingerprint density at radius 1 is 1.41 bits per heavy atom. The number of aliphatic hydroxyl groups is 1. The first-order chi connectivity index (χ1) is 8.17. The van der Waals surface area contributed by atoms with E-state index < -0.39 is 0 Å². The maximum Gasteiger partial charge on any atom is 0.0589 e. The molecule has 1 N–H and O–H groups in total. The lowest BCUT2D eigenvalue weighted by atomic mass is 10.2. The highest BCUT2D eigenvalue weighted by Crippen LogP contribution is 2.22. The van der Waals surface area contributed by atoms with Crippen molar-refractivity contribution in [2.45, 2.75) is 6.54 Å². The van der Waals surface area contributed by atoms with Gasteiger partial charge in [0, 0.05) is 36.2 Å². The molecule has 5 heteroatoms. The van der Waals surface area contributed by atoms with Crippen molar-refractivity contribution in [2.24, 2.45) is 0 Å². The quantitative estimate of drug-likeness (QED) is 0.837. The fourth-order valence-corrected chi connectivity index (χ4v) is 2.33. The molecule has 96 valence electrons. The molecular formula is C12H17BrClNO2. The molecule has 0 aliphatic carbocycles. The Bertz CT molecular complexity index is 349. The third-order valence-corrected chi connectivity index (χ3v) is 3.41. The van der Waals surface area contributed by atoms with Crippen molar-refractivity contribution in [1.82, 2.24) is 4.90 Å². The molecule has 0 aliphatic rings. The molecule has 0 bridgehead atoms. The second-order valence-electron chi connectivity index (χ2n) is 3.73. The van der Waals surface area contributed by atoms with E-state index in [1.807, 2.05) is 18.2 Å². The topological polar surface area (TPSA) is 32.7 Å². The standard InChI is InChI=1S/C12H17BrClNO2/c1-17-7-5-15(4-6-16)9-10-2-3-11(14)8-12(10)13/h2-3,8,16H,4-7,9H2,1H3. The molecule has 0 amide bonds. The number of benzene rings is 1. The predicted molar refractivity (Wildman–Crippen MR) is 73.4 cm³/mol. The van der Waals surface area contributed by atoms with Gasteiger partial charge in [-0.05, 0) is 17.7 Å². The molecule has 0 aliphatic heterocycles. The molecule has 0 spiro atoms. The molecular weight excluding hydrogens is 305 g/mol. The number of halogens is 2. The third-order valence-electron chi connectivity index (χ3n) is 2.44. The van der Waals surface area contributed by atoms with Gasteiger partial charge in [0.25, 0.3) is 0 Å². The summed E-state index contributed by atoms with van der Waals surface area (Å²) in [6, 6.07) is 5.74. The normalized spacial score (nSPS) is 11.1. The van der Waals surface area contributed by atoms with Gasteiger partial charge >= 0.3 is 0 Å². The molecule has 3 nitrogen and oxygen atoms in total. The molecule has 0 radical (unpaired) electrons. The van der Waals surface area contributed by atoms with Crippen LogP contribution in [0.3, 0.4) is 0 Å². The number of methoxy groups -OCH3 is 1. The SMILES string of the molecule is COCCN(CCO)Cc1ccc(Cl)cc1Br. The number of hydrogen-bond acceptors (Lipinski definition) is 3. The van der Waals surface area contributed by atoms with E-state index in [0.29, 0.717) is 18.2 Å². The third kappa shape index (κ3) is 5.36. The number of nitrogens with zero attached hydrogens (tertiary/aromatic N) is 1. The molecule has 0 aromatic heterocycles. The maximum absolute atomic E-state index is 9.01. The lowest BCUT2D eigenvalue weighted by Crippen LogP contribution is -2.29. The summed E-state index contributed by atoms with van der Waals surface area (Å²) in [6.45, 7) is 3.01. The van der Waals surface area contributed by atoms with Crippen LogP contribution >= 0.6 is 27.5 Å². The first-order valence-corrected chi connectivity index (χ1v) is 6.60. The van der Waals surface area contributed by atoms with Gasteiger partial charge in [0.1, 0.15) is 0 Å². The van der Waals surface area contributed by atoms with Gasteiger partial charge in [0.15, 0.2) is 0 Å². The van der Waals surface area contributed by atoms with E-state index in [9.17, 15) is 0 Å². The average molecular weight is 323 g/mol. The fourth-order valence-electron chi connectivity index (χ4n) is 1.52. The van der Waals surface area contributed by atoms with Crippen LogP contribution in [0.15, 0.2) is 22.7 Å². The van der Waals surface area contributed by atoms with Gasteiger partial charge in [-0.25, -0.2) is 0 Å². The highest BCUT2D eigenvalue weighted by molar-refractivity contribution is 9.10. The summed E-state index contributed by atoms with van der Waals surface area (Å²) in [5.41, 5.74) is 1.15. The van der Waals surface area contributed by atoms with Gasteiger partial charge in [0.05, 0.1) is 13.2 Å². The molecule has 1 aromatic carbocycles. The van der Waals surface area contributed by atoms with Crippen molar-refractivity contribution in [3.8, 4) is 0 Å². The lowest BCUT2D eigenvalue weighted by molar-refractivity contribution is 0.126. The minimum atomic E-state index is 0.148. The number of rotatable bonds is 7. The van der Waals surface area contributed by atoms with Crippen molar-refractivity contribution < 1.29 is 9.84 Å². The number of ether oxygens (including phenoxy) is 1. The van der Waals surface area contributed by atoms with E-state index in [1.54, 1.807) is 7.11 Å². The van der Waals surface area contributed by atoms with Gasteiger partial charge in [-0.15, -0.1) is 0 Å². The maximum atomic E-state index is 9.01. The first kappa shape index (κ1) is 14.9. The number of aliphatic hydroxyl groups excluding tert-OH is 1. The number of hydrogen-bond donors (Lipinski definition) is 1. The Balaban J connectivity index is 2.64. The summed E-state index contributed by atoms with van der Waals surface area (Å²) in [7, 11) is 1.68. The minimum Gasteiger partial charge on any atom is -0.395 e. The zero-order chi connectivity index (χ0) is 12.7. The Kier molecular flexibility index (Phi) is 7.08. The molecule has 0 saturated heterocycles. The van der Waals surface area contributed by atoms with Crippen LogP contribution < -0.4 is 0 Å². The zero-order valence-corrected chi connectivity index (χ0v) is 12.2. The van der Waals surface area contributed by atoms with Crippen molar-refractivity contribution in [1.29, 1.82) is 0 Å². The Hall–Kier alpha value is -0.130. The van der Waals surface area contributed by atoms with Crippen molar-refractivity contribution in [2.75, 3.05) is 33.4 Å². The predicted octanol–water partition coefficient (Wildman–Crippen LogP) is 2.54. The van der Waals surface area contributed by atoms with Gasteiger partial charge < -0.3 is 9.84 Å². The summed E-state index contributed by atoms with van der Waals surface area (Å²) < 4.78 is 6.04. The lowest BCUT2D eigenvalue weighted by Gasteiger charge is -2.21. The summed E-state index contributed by atoms with van der Waals surface area (Å²) in [5.74, 6) is 0. The largest absolute Gasteiger partial charge is 0.395 e. The van der Waals surface area contributed by atoms with Gasteiger partial charge in [-0.3, -0.25) is 4.90 Å². The van der Waals surface area contributed by atoms with E-state index >= 15 is 0 Å². The van der Waals surface area contributed by atoms with Crippen LogP contribution in [0.2, 0.25) is 5.02 Å². The molecule has 1 rings (SSSR count). The van der Waals surface area contributed by atoms with Crippen molar-refractivity contribution >= 4 is 27.5 Å². The minimum absolute atomic E-state index is 0.148. The van der Waals surface area contributed by atoms with Crippen LogP contribution in [0.5, 0.6) is 0 Å². The van der Waals surface area contributed by atoms with Crippen LogP contribution in [0.25, 0.3) is 0 Å². The van der Waals surface area contributed by atoms with Crippen LogP contribution in [0, 0.1) is 0 Å². The smallest absolute Gasteiger partial charge is 0.0589 e. The van der Waals surface area contributed by atoms with Crippen LogP contribution in [0.4, 0.5) is 0 Å². The van der Waals surface area contributed by atoms with E-state index in [-0.39, 0.29) is 6.61 Å². The van der Waals surface area contributed by atoms with Crippen LogP contribution in [0.1, 0.15) is 5.56 Å². The van der Waals surface area contributed by atoms with E-state index in [2.05, 4.69) is 20.8 Å². The van der Waals surface area contributed by atoms with E-state index in [4.69, 9.17) is 21.4 Å². The summed E-state index contributed by atoms with van der Waals surface area (Å²) >= 11 is 9.38. The highest BCUT2D eigenvalue weighted by atomic mass is 79.9. The molecule has 17 heavy (non-hydrogen) atoms. The van der Waals surface area contributed by atoms with E-state index in [0.717, 1.165) is 23.1 Å². The Morgan fingerprint density at radius 3 is 2.76 bits per heavy atom. The monoisotopic (exact) mass is 321 g/mol. The van der Waals surface area contributed by atoms with Crippen molar-refractivity contribution in [3.05, 3.63) is 33.3 Å². The van der Waals surface area contributed by atoms with Gasteiger partial charge in [-0.1, -0.05) is 33.6 Å². The molecule has 0 atom stereocenters. The molecule has 1 aromatic rings. The second-order valence-corrected chi connectivity index (χ2v) is 5.02. The molecule has 0 saturated carbocycles. The van der Waals surface area contributed by atoms with Crippen molar-refractivity contribution in [3.63, 3.8) is 0 Å². The van der Waals surface area contributed by atoms with Gasteiger partial charge in [0.2, 0.25) is 0 Å². The van der Waals surface area contributed by atoms with Gasteiger partial charge in [-0.2, -0.15) is 0 Å². The Labute approximate surface area is 115 Å². The summed E-state index contributed by atoms with van der Waals surface area (Å²) in [5, 5.41) is 9.73. The summed E-state index contributed by atoms with van der Waals surface area (Å²) in [6.07, 6.45) is 0. The zero-order valence-electron chi connectivity index (χ0n) is 9.83. The van der Waals surface area contributed by atoms with E-state index in [1.165, 1.54) is 0 Å². The summed E-state index contributed by atoms with van der Waals surface area (Å²) in [4.78, 5) is 2.14. The fraction of sp³-hybridized carbons (Fsp3) is 0.500. The molecule has 0 heterocycles. The van der Waals surface area contributed by atoms with Crippen LogP contribution in [-0.2, 0) is 11.3 Å². The highest BCUT2D eigenvalue weighted by Gasteiger charge is 2.08. The molecule has 0 unspecified atom stereocenters. The Morgan fingerprint density at radius 2 is 2.18 bits per heavy atom. The second kappa shape index (κ2) is 8.06.